The van der Waals surface area contributed by atoms with Gasteiger partial charge >= 0.3 is 6.18 Å². The third-order valence-electron chi connectivity index (χ3n) is 4.04. The minimum Gasteiger partial charge on any atom is -0.380 e. The Bertz CT molecular complexity index is 651. The minimum atomic E-state index is -4.58. The molecule has 124 valence electrons. The van der Waals surface area contributed by atoms with E-state index in [9.17, 15) is 18.3 Å². The predicted octanol–water partition coefficient (Wildman–Crippen LogP) is 3.02. The van der Waals surface area contributed by atoms with Gasteiger partial charge in [-0.25, -0.2) is 0 Å². The molecule has 1 saturated heterocycles. The van der Waals surface area contributed by atoms with Crippen molar-refractivity contribution in [3.63, 3.8) is 0 Å². The Hall–Kier alpha value is -1.67. The van der Waals surface area contributed by atoms with E-state index in [1.807, 2.05) is 30.3 Å². The summed E-state index contributed by atoms with van der Waals surface area (Å²) in [7, 11) is 0. The van der Waals surface area contributed by atoms with Crippen molar-refractivity contribution in [1.82, 2.24) is 10.2 Å². The van der Waals surface area contributed by atoms with E-state index in [4.69, 9.17) is 0 Å². The second-order valence-electron chi connectivity index (χ2n) is 5.66. The van der Waals surface area contributed by atoms with Gasteiger partial charge in [-0.3, -0.25) is 0 Å². The van der Waals surface area contributed by atoms with Gasteiger partial charge in [-0.1, -0.05) is 41.7 Å². The van der Waals surface area contributed by atoms with Crippen molar-refractivity contribution in [1.29, 1.82) is 0 Å². The highest BCUT2D eigenvalue weighted by molar-refractivity contribution is 7.15. The first-order valence-corrected chi connectivity index (χ1v) is 8.09. The SMILES string of the molecule is OC1(C(F)(F)F)CCN(c2nnc(Cc3ccccc3)s2)CC1. The monoisotopic (exact) mass is 343 g/mol. The maximum Gasteiger partial charge on any atom is 0.417 e. The summed E-state index contributed by atoms with van der Waals surface area (Å²) in [5, 5.41) is 19.3. The molecule has 0 aliphatic carbocycles. The summed E-state index contributed by atoms with van der Waals surface area (Å²) >= 11 is 1.38. The van der Waals surface area contributed by atoms with Crippen LogP contribution < -0.4 is 4.90 Å². The van der Waals surface area contributed by atoms with Gasteiger partial charge in [0.05, 0.1) is 0 Å². The number of benzene rings is 1. The van der Waals surface area contributed by atoms with Crippen LogP contribution in [-0.4, -0.2) is 40.2 Å². The van der Waals surface area contributed by atoms with Crippen LogP contribution in [0.3, 0.4) is 0 Å². The predicted molar refractivity (Wildman–Crippen MR) is 81.6 cm³/mol. The molecule has 1 N–H and O–H groups in total. The number of rotatable bonds is 3. The standard InChI is InChI=1S/C15H16F3N3OS/c16-15(17,18)14(22)6-8-21(9-7-14)13-20-19-12(23-13)10-11-4-2-1-3-5-11/h1-5,22H,6-10H2. The number of piperidine rings is 1. The maximum absolute atomic E-state index is 12.8. The highest BCUT2D eigenvalue weighted by atomic mass is 32.1. The van der Waals surface area contributed by atoms with Gasteiger partial charge in [-0.15, -0.1) is 10.2 Å². The fourth-order valence-corrected chi connectivity index (χ4v) is 3.49. The normalized spacial score (nSPS) is 18.2. The Balaban J connectivity index is 1.64. The molecular formula is C15H16F3N3OS. The van der Waals surface area contributed by atoms with Crippen molar-refractivity contribution in [2.45, 2.75) is 31.0 Å². The molecule has 0 spiro atoms. The topological polar surface area (TPSA) is 49.2 Å². The van der Waals surface area contributed by atoms with Crippen LogP contribution in [0, 0.1) is 0 Å². The highest BCUT2D eigenvalue weighted by Crippen LogP contribution is 2.39. The van der Waals surface area contributed by atoms with Gasteiger partial charge in [0.1, 0.15) is 5.01 Å². The fourth-order valence-electron chi connectivity index (χ4n) is 2.57. The van der Waals surface area contributed by atoms with Crippen LogP contribution in [0.15, 0.2) is 30.3 Å². The van der Waals surface area contributed by atoms with Crippen molar-refractivity contribution in [2.75, 3.05) is 18.0 Å². The molecule has 1 aliphatic heterocycles. The third-order valence-corrected chi connectivity index (χ3v) is 5.03. The van der Waals surface area contributed by atoms with Crippen molar-refractivity contribution < 1.29 is 18.3 Å². The van der Waals surface area contributed by atoms with E-state index in [-0.39, 0.29) is 25.9 Å². The molecule has 0 bridgehead atoms. The fraction of sp³-hybridized carbons (Fsp3) is 0.467. The number of hydrogen-bond acceptors (Lipinski definition) is 5. The zero-order valence-corrected chi connectivity index (χ0v) is 13.1. The molecular weight excluding hydrogens is 327 g/mol. The second-order valence-corrected chi connectivity index (χ2v) is 6.70. The lowest BCUT2D eigenvalue weighted by Crippen LogP contribution is -2.53. The Morgan fingerprint density at radius 3 is 2.39 bits per heavy atom. The lowest BCUT2D eigenvalue weighted by Gasteiger charge is -2.38. The number of anilines is 1. The summed E-state index contributed by atoms with van der Waals surface area (Å²) in [5.41, 5.74) is -1.47. The molecule has 2 heterocycles. The molecule has 0 amide bonds. The summed E-state index contributed by atoms with van der Waals surface area (Å²) in [5.74, 6) is 0. The zero-order chi connectivity index (χ0) is 16.5. The quantitative estimate of drug-likeness (QED) is 0.931. The highest BCUT2D eigenvalue weighted by Gasteiger charge is 2.54. The largest absolute Gasteiger partial charge is 0.417 e. The van der Waals surface area contributed by atoms with Crippen molar-refractivity contribution in [2.24, 2.45) is 0 Å². The van der Waals surface area contributed by atoms with Gasteiger partial charge in [-0.05, 0) is 5.56 Å². The van der Waals surface area contributed by atoms with E-state index in [0.717, 1.165) is 10.6 Å². The molecule has 2 aromatic rings. The van der Waals surface area contributed by atoms with Crippen LogP contribution in [0.4, 0.5) is 18.3 Å². The number of aromatic nitrogens is 2. The van der Waals surface area contributed by atoms with E-state index in [0.29, 0.717) is 11.6 Å². The molecule has 4 nitrogen and oxygen atoms in total. The molecule has 1 fully saturated rings. The van der Waals surface area contributed by atoms with Gasteiger partial charge in [0, 0.05) is 32.4 Å². The lowest BCUT2D eigenvalue weighted by atomic mass is 9.91. The molecule has 8 heteroatoms. The molecule has 3 rings (SSSR count). The first kappa shape index (κ1) is 16.2. The first-order valence-electron chi connectivity index (χ1n) is 7.28. The first-order chi connectivity index (χ1) is 10.9. The van der Waals surface area contributed by atoms with Crippen molar-refractivity contribution in [3.05, 3.63) is 40.9 Å². The number of hydrogen-bond donors (Lipinski definition) is 1. The Labute approximate surface area is 135 Å². The Morgan fingerprint density at radius 2 is 1.78 bits per heavy atom. The van der Waals surface area contributed by atoms with Gasteiger partial charge in [0.25, 0.3) is 0 Å². The summed E-state index contributed by atoms with van der Waals surface area (Å²) in [6, 6.07) is 9.81. The van der Waals surface area contributed by atoms with Crippen LogP contribution in [0.25, 0.3) is 0 Å². The van der Waals surface area contributed by atoms with Crippen molar-refractivity contribution in [3.8, 4) is 0 Å². The summed E-state index contributed by atoms with van der Waals surface area (Å²) < 4.78 is 38.4. The van der Waals surface area contributed by atoms with Gasteiger partial charge in [0.2, 0.25) is 5.13 Å². The van der Waals surface area contributed by atoms with Crippen LogP contribution in [0.5, 0.6) is 0 Å². The number of aliphatic hydroxyl groups is 1. The van der Waals surface area contributed by atoms with Gasteiger partial charge in [0.15, 0.2) is 5.60 Å². The Kier molecular flexibility index (Phi) is 4.29. The summed E-state index contributed by atoms with van der Waals surface area (Å²) in [4.78, 5) is 1.76. The van der Waals surface area contributed by atoms with E-state index in [1.54, 1.807) is 4.90 Å². The molecule has 0 atom stereocenters. The average molecular weight is 343 g/mol. The zero-order valence-electron chi connectivity index (χ0n) is 12.3. The van der Waals surface area contributed by atoms with Crippen LogP contribution in [0.1, 0.15) is 23.4 Å². The van der Waals surface area contributed by atoms with Crippen LogP contribution in [0.2, 0.25) is 0 Å². The van der Waals surface area contributed by atoms with Gasteiger partial charge < -0.3 is 10.0 Å². The molecule has 1 aliphatic rings. The third kappa shape index (κ3) is 3.48. The van der Waals surface area contributed by atoms with E-state index in [2.05, 4.69) is 10.2 Å². The number of nitrogens with zero attached hydrogens (tertiary/aromatic N) is 3. The van der Waals surface area contributed by atoms with E-state index in [1.165, 1.54) is 11.3 Å². The van der Waals surface area contributed by atoms with Gasteiger partial charge in [-0.2, -0.15) is 13.2 Å². The molecule has 0 saturated carbocycles. The minimum absolute atomic E-state index is 0.121. The van der Waals surface area contributed by atoms with E-state index >= 15 is 0 Å². The molecule has 1 aromatic carbocycles. The lowest BCUT2D eigenvalue weighted by molar-refractivity contribution is -0.266. The van der Waals surface area contributed by atoms with Crippen molar-refractivity contribution >= 4 is 16.5 Å². The molecule has 23 heavy (non-hydrogen) atoms. The van der Waals surface area contributed by atoms with Crippen LogP contribution in [-0.2, 0) is 6.42 Å². The molecule has 0 radical (unpaired) electrons. The summed E-state index contributed by atoms with van der Waals surface area (Å²) in [6.45, 7) is 0.242. The Morgan fingerprint density at radius 1 is 1.13 bits per heavy atom. The molecule has 0 unspecified atom stereocenters. The number of halogens is 3. The average Bonchev–Trinajstić information content (AvgIpc) is 2.96. The maximum atomic E-state index is 12.8. The summed E-state index contributed by atoms with van der Waals surface area (Å²) in [6.07, 6.45) is -4.62. The smallest absolute Gasteiger partial charge is 0.380 e. The second kappa shape index (κ2) is 6.09. The molecule has 1 aromatic heterocycles. The van der Waals surface area contributed by atoms with E-state index < -0.39 is 11.8 Å². The number of alkyl halides is 3. The van der Waals surface area contributed by atoms with Crippen LogP contribution >= 0.6 is 11.3 Å².